The number of hydrogen-bond acceptors (Lipinski definition) is 6. The molecule has 1 amide bonds. The van der Waals surface area contributed by atoms with Gasteiger partial charge in [0.1, 0.15) is 16.8 Å². The van der Waals surface area contributed by atoms with Gasteiger partial charge in [0.15, 0.2) is 0 Å². The minimum absolute atomic E-state index is 0.166. The van der Waals surface area contributed by atoms with Crippen LogP contribution in [0.5, 0.6) is 5.75 Å². The van der Waals surface area contributed by atoms with Crippen molar-refractivity contribution in [1.82, 2.24) is 9.62 Å². The fourth-order valence-electron chi connectivity index (χ4n) is 3.63. The van der Waals surface area contributed by atoms with E-state index in [1.165, 1.54) is 6.07 Å². The van der Waals surface area contributed by atoms with Gasteiger partial charge in [0.25, 0.3) is 0 Å². The third-order valence-electron chi connectivity index (χ3n) is 4.95. The number of fused-ring (bicyclic) bond motifs is 1. The van der Waals surface area contributed by atoms with Crippen LogP contribution in [-0.4, -0.2) is 50.1 Å². The standard InChI is InChI=1S/C18H25FN2O5S/c1-11(2)26-7-3-5-21-6-4-12-8-14(22)17(18(19)13(12)10-21)15-9-16(23)20-27(15,24)25/h8,11,15,22H,3-7,9-10H2,1-2H3,(H,20,23). The van der Waals surface area contributed by atoms with E-state index in [0.717, 1.165) is 19.5 Å². The fourth-order valence-corrected chi connectivity index (χ4v) is 5.08. The summed E-state index contributed by atoms with van der Waals surface area (Å²) in [5.74, 6) is -1.82. The van der Waals surface area contributed by atoms with Crippen LogP contribution in [0, 0.1) is 5.82 Å². The van der Waals surface area contributed by atoms with Gasteiger partial charge >= 0.3 is 0 Å². The van der Waals surface area contributed by atoms with E-state index in [9.17, 15) is 18.3 Å². The van der Waals surface area contributed by atoms with Crippen molar-refractivity contribution in [3.8, 4) is 5.75 Å². The maximum absolute atomic E-state index is 15.2. The zero-order valence-corrected chi connectivity index (χ0v) is 16.3. The molecule has 1 aromatic carbocycles. The van der Waals surface area contributed by atoms with Crippen molar-refractivity contribution in [2.24, 2.45) is 0 Å². The number of phenolic OH excluding ortho intramolecular Hbond substituents is 1. The number of amides is 1. The Hall–Kier alpha value is -1.71. The molecule has 0 saturated carbocycles. The number of carbonyl (C=O) groups is 1. The number of aromatic hydroxyl groups is 1. The number of ether oxygens (including phenoxy) is 1. The summed E-state index contributed by atoms with van der Waals surface area (Å²) in [6, 6.07) is 1.44. The van der Waals surface area contributed by atoms with E-state index in [1.54, 1.807) is 0 Å². The van der Waals surface area contributed by atoms with Crippen LogP contribution in [0.25, 0.3) is 0 Å². The van der Waals surface area contributed by atoms with Gasteiger partial charge < -0.3 is 9.84 Å². The summed E-state index contributed by atoms with van der Waals surface area (Å²) in [5, 5.41) is 8.85. The van der Waals surface area contributed by atoms with Gasteiger partial charge in [0.2, 0.25) is 15.9 Å². The highest BCUT2D eigenvalue weighted by Gasteiger charge is 2.42. The molecule has 1 saturated heterocycles. The first kappa shape index (κ1) is 20.0. The number of sulfonamides is 1. The third-order valence-corrected chi connectivity index (χ3v) is 6.61. The van der Waals surface area contributed by atoms with E-state index in [4.69, 9.17) is 4.74 Å². The Morgan fingerprint density at radius 1 is 1.44 bits per heavy atom. The van der Waals surface area contributed by atoms with Gasteiger partial charge in [-0.05, 0) is 38.3 Å². The normalized spacial score (nSPS) is 22.1. The lowest BCUT2D eigenvalue weighted by atomic mass is 9.93. The third kappa shape index (κ3) is 4.25. The van der Waals surface area contributed by atoms with Crippen LogP contribution < -0.4 is 4.72 Å². The first-order chi connectivity index (χ1) is 12.7. The maximum atomic E-state index is 15.2. The second kappa shape index (κ2) is 7.73. The lowest BCUT2D eigenvalue weighted by molar-refractivity contribution is -0.118. The number of hydrogen-bond donors (Lipinski definition) is 2. The van der Waals surface area contributed by atoms with Crippen molar-refractivity contribution < 1.29 is 27.4 Å². The van der Waals surface area contributed by atoms with Crippen LogP contribution in [0.4, 0.5) is 4.39 Å². The van der Waals surface area contributed by atoms with Crippen molar-refractivity contribution >= 4 is 15.9 Å². The highest BCUT2D eigenvalue weighted by molar-refractivity contribution is 7.90. The second-order valence-corrected chi connectivity index (χ2v) is 9.19. The van der Waals surface area contributed by atoms with E-state index in [2.05, 4.69) is 4.90 Å². The molecular weight excluding hydrogens is 375 g/mol. The van der Waals surface area contributed by atoms with Crippen LogP contribution in [0.1, 0.15) is 48.6 Å². The van der Waals surface area contributed by atoms with Crippen LogP contribution in [0.3, 0.4) is 0 Å². The van der Waals surface area contributed by atoms with Gasteiger partial charge in [-0.2, -0.15) is 0 Å². The minimum atomic E-state index is -4.03. The molecule has 0 spiro atoms. The molecule has 0 aromatic heterocycles. The van der Waals surface area contributed by atoms with Gasteiger partial charge in [-0.15, -0.1) is 0 Å². The summed E-state index contributed by atoms with van der Waals surface area (Å²) < 4.78 is 46.8. The molecule has 27 heavy (non-hydrogen) atoms. The smallest absolute Gasteiger partial charge is 0.242 e. The molecule has 2 N–H and O–H groups in total. The predicted molar refractivity (Wildman–Crippen MR) is 97.2 cm³/mol. The number of rotatable bonds is 6. The minimum Gasteiger partial charge on any atom is -0.508 e. The topological polar surface area (TPSA) is 95.9 Å². The zero-order chi connectivity index (χ0) is 19.8. The van der Waals surface area contributed by atoms with E-state index >= 15 is 4.39 Å². The van der Waals surface area contributed by atoms with Crippen LogP contribution in [0.2, 0.25) is 0 Å². The van der Waals surface area contributed by atoms with Crippen molar-refractivity contribution in [2.45, 2.75) is 51.0 Å². The maximum Gasteiger partial charge on any atom is 0.242 e. The van der Waals surface area contributed by atoms with E-state index in [0.29, 0.717) is 30.7 Å². The van der Waals surface area contributed by atoms with Crippen molar-refractivity contribution in [1.29, 1.82) is 0 Å². The number of nitrogens with one attached hydrogen (secondary N) is 1. The van der Waals surface area contributed by atoms with Gasteiger partial charge in [0.05, 0.1) is 18.1 Å². The fraction of sp³-hybridized carbons (Fsp3) is 0.611. The molecule has 0 radical (unpaired) electrons. The molecule has 1 atom stereocenters. The number of halogens is 1. The molecule has 2 aliphatic rings. The summed E-state index contributed by atoms with van der Waals surface area (Å²) in [7, 11) is -4.03. The number of nitrogens with zero attached hydrogens (tertiary/aromatic N) is 1. The quantitative estimate of drug-likeness (QED) is 0.704. The first-order valence-electron chi connectivity index (χ1n) is 9.10. The highest BCUT2D eigenvalue weighted by Crippen LogP contribution is 2.40. The molecule has 150 valence electrons. The average Bonchev–Trinajstić information content (AvgIpc) is 2.84. The van der Waals surface area contributed by atoms with Crippen molar-refractivity contribution in [3.63, 3.8) is 0 Å². The largest absolute Gasteiger partial charge is 0.508 e. The number of carbonyl (C=O) groups excluding carboxylic acids is 1. The summed E-state index contributed by atoms with van der Waals surface area (Å²) in [5.41, 5.74) is 0.767. The van der Waals surface area contributed by atoms with Gasteiger partial charge in [-0.1, -0.05) is 0 Å². The Bertz CT molecular complexity index is 841. The Labute approximate surface area is 158 Å². The molecule has 9 heteroatoms. The lowest BCUT2D eigenvalue weighted by Gasteiger charge is -2.30. The SMILES string of the molecule is CC(C)OCCCN1CCc2cc(O)c(C3CC(=O)NS3(=O)=O)c(F)c2C1. The van der Waals surface area contributed by atoms with Crippen LogP contribution in [0.15, 0.2) is 6.07 Å². The average molecular weight is 400 g/mol. The van der Waals surface area contributed by atoms with Crippen molar-refractivity contribution in [2.75, 3.05) is 19.7 Å². The summed E-state index contributed by atoms with van der Waals surface area (Å²) in [6.07, 6.45) is 1.16. The van der Waals surface area contributed by atoms with E-state index in [1.807, 2.05) is 18.6 Å². The van der Waals surface area contributed by atoms with Gasteiger partial charge in [-0.3, -0.25) is 14.4 Å². The summed E-state index contributed by atoms with van der Waals surface area (Å²) in [4.78, 5) is 13.6. The number of phenols is 1. The molecule has 2 aliphatic heterocycles. The van der Waals surface area contributed by atoms with Crippen LogP contribution in [-0.2, 0) is 32.5 Å². The Kier molecular flexibility index (Phi) is 5.73. The predicted octanol–water partition coefficient (Wildman–Crippen LogP) is 1.60. The summed E-state index contributed by atoms with van der Waals surface area (Å²) >= 11 is 0. The monoisotopic (exact) mass is 400 g/mol. The van der Waals surface area contributed by atoms with E-state index in [-0.39, 0.29) is 18.1 Å². The summed E-state index contributed by atoms with van der Waals surface area (Å²) in [6.45, 7) is 6.37. The second-order valence-electron chi connectivity index (χ2n) is 7.32. The van der Waals surface area contributed by atoms with Crippen molar-refractivity contribution in [3.05, 3.63) is 28.6 Å². The Morgan fingerprint density at radius 3 is 2.81 bits per heavy atom. The molecule has 1 aromatic rings. The lowest BCUT2D eigenvalue weighted by Crippen LogP contribution is -2.33. The molecular formula is C18H25FN2O5S. The molecule has 0 bridgehead atoms. The Morgan fingerprint density at radius 2 is 2.19 bits per heavy atom. The zero-order valence-electron chi connectivity index (χ0n) is 15.5. The molecule has 2 heterocycles. The molecule has 7 nitrogen and oxygen atoms in total. The van der Waals surface area contributed by atoms with Gasteiger partial charge in [-0.25, -0.2) is 12.8 Å². The Balaban J connectivity index is 1.81. The van der Waals surface area contributed by atoms with E-state index < -0.39 is 32.7 Å². The van der Waals surface area contributed by atoms with Crippen LogP contribution >= 0.6 is 0 Å². The number of benzene rings is 1. The molecule has 1 unspecified atom stereocenters. The highest BCUT2D eigenvalue weighted by atomic mass is 32.2. The first-order valence-corrected chi connectivity index (χ1v) is 10.6. The molecule has 3 rings (SSSR count). The molecule has 0 aliphatic carbocycles. The molecule has 1 fully saturated rings. The van der Waals surface area contributed by atoms with Gasteiger partial charge in [0, 0.05) is 31.8 Å².